The van der Waals surface area contributed by atoms with Crippen molar-refractivity contribution in [3.05, 3.63) is 235 Å². The molecule has 0 saturated heterocycles. The third-order valence-electron chi connectivity index (χ3n) is 13.5. The summed E-state index contributed by atoms with van der Waals surface area (Å²) < 4.78 is 0. The van der Waals surface area contributed by atoms with Crippen LogP contribution in [0.1, 0.15) is 49.9 Å². The minimum atomic E-state index is -0.176. The maximum Gasteiger partial charge on any atom is 0.0465 e. The summed E-state index contributed by atoms with van der Waals surface area (Å²) in [6.45, 7) is 9.54. The lowest BCUT2D eigenvalue weighted by atomic mass is 9.81. The molecule has 0 aliphatic heterocycles. The Labute approximate surface area is 360 Å². The lowest BCUT2D eigenvalue weighted by Gasteiger charge is -2.30. The van der Waals surface area contributed by atoms with Gasteiger partial charge in [0.15, 0.2) is 0 Å². The summed E-state index contributed by atoms with van der Waals surface area (Å²) in [4.78, 5) is 2.46. The second-order valence-corrected chi connectivity index (χ2v) is 17.8. The van der Waals surface area contributed by atoms with E-state index in [4.69, 9.17) is 0 Å². The van der Waals surface area contributed by atoms with Crippen molar-refractivity contribution >= 4 is 17.1 Å². The van der Waals surface area contributed by atoms with Crippen LogP contribution in [0.25, 0.3) is 66.8 Å². The largest absolute Gasteiger partial charge is 0.310 e. The molecule has 0 spiro atoms. The van der Waals surface area contributed by atoms with Crippen LogP contribution in [0, 0.1) is 0 Å². The molecule has 0 unspecified atom stereocenters. The molecule has 0 radical (unpaired) electrons. The van der Waals surface area contributed by atoms with E-state index in [-0.39, 0.29) is 10.8 Å². The van der Waals surface area contributed by atoms with E-state index in [9.17, 15) is 0 Å². The standard InChI is InChI=1S/C60H47N/c1-59(2)55-36-46(41-16-10-6-11-17-41)26-32-51(55)53-34-30-49(38-57(53)59)61(48-28-24-45(25-29-48)44-22-20-43(21-23-44)40-14-8-5-9-15-40)50-31-35-54-52-33-27-47(42-18-12-7-13-19-42)37-56(52)60(3,4)58(54)39-50/h5-39H,1-4H3. The number of benzene rings is 9. The first-order valence-corrected chi connectivity index (χ1v) is 21.5. The van der Waals surface area contributed by atoms with Crippen LogP contribution >= 0.6 is 0 Å². The van der Waals surface area contributed by atoms with Gasteiger partial charge in [0, 0.05) is 27.9 Å². The van der Waals surface area contributed by atoms with E-state index < -0.39 is 0 Å². The average molecular weight is 782 g/mol. The Kier molecular flexibility index (Phi) is 8.58. The van der Waals surface area contributed by atoms with Gasteiger partial charge in [-0.2, -0.15) is 0 Å². The molecule has 0 bridgehead atoms. The maximum absolute atomic E-state index is 2.46. The molecule has 61 heavy (non-hydrogen) atoms. The van der Waals surface area contributed by atoms with Crippen molar-refractivity contribution in [3.8, 4) is 66.8 Å². The molecule has 2 aliphatic rings. The molecule has 1 nitrogen and oxygen atoms in total. The van der Waals surface area contributed by atoms with Gasteiger partial charge in [0.2, 0.25) is 0 Å². The van der Waals surface area contributed by atoms with Crippen molar-refractivity contribution < 1.29 is 0 Å². The number of fused-ring (bicyclic) bond motifs is 6. The van der Waals surface area contributed by atoms with E-state index in [1.807, 2.05) is 0 Å². The van der Waals surface area contributed by atoms with E-state index in [0.717, 1.165) is 17.1 Å². The highest BCUT2D eigenvalue weighted by atomic mass is 15.1. The van der Waals surface area contributed by atoms with Gasteiger partial charge in [-0.25, -0.2) is 0 Å². The third-order valence-corrected chi connectivity index (χ3v) is 13.5. The van der Waals surface area contributed by atoms with Crippen LogP contribution in [0.15, 0.2) is 212 Å². The lowest BCUT2D eigenvalue weighted by Crippen LogP contribution is -2.18. The summed E-state index contributed by atoms with van der Waals surface area (Å²) in [5.41, 5.74) is 23.7. The first-order valence-electron chi connectivity index (χ1n) is 21.5. The van der Waals surface area contributed by atoms with Crippen LogP contribution in [0.2, 0.25) is 0 Å². The normalized spacial score (nSPS) is 13.8. The zero-order valence-electron chi connectivity index (χ0n) is 35.2. The second-order valence-electron chi connectivity index (χ2n) is 17.8. The maximum atomic E-state index is 2.46. The topological polar surface area (TPSA) is 3.24 Å². The molecular weight excluding hydrogens is 735 g/mol. The van der Waals surface area contributed by atoms with E-state index >= 15 is 0 Å². The van der Waals surface area contributed by atoms with Gasteiger partial charge >= 0.3 is 0 Å². The summed E-state index contributed by atoms with van der Waals surface area (Å²) >= 11 is 0. The van der Waals surface area contributed by atoms with Crippen LogP contribution in [-0.2, 0) is 10.8 Å². The SMILES string of the molecule is CC1(C)c2cc(-c3ccccc3)ccc2-c2ccc(N(c3ccc(-c4ccc(-c5ccccc5)cc4)cc3)c3ccc4c(c3)C(C)(C)c3cc(-c5ccccc5)ccc3-4)cc21. The predicted octanol–water partition coefficient (Wildman–Crippen LogP) is 16.4. The molecule has 0 fully saturated rings. The quantitative estimate of drug-likeness (QED) is 0.156. The highest BCUT2D eigenvalue weighted by Gasteiger charge is 2.38. The molecule has 11 rings (SSSR count). The van der Waals surface area contributed by atoms with Gasteiger partial charge in [-0.05, 0) is 138 Å². The minimum absolute atomic E-state index is 0.176. The van der Waals surface area contributed by atoms with Crippen LogP contribution in [0.4, 0.5) is 17.1 Å². The van der Waals surface area contributed by atoms with E-state index in [0.29, 0.717) is 0 Å². The van der Waals surface area contributed by atoms with Crippen molar-refractivity contribution in [1.82, 2.24) is 0 Å². The first kappa shape index (κ1) is 36.8. The van der Waals surface area contributed by atoms with Crippen molar-refractivity contribution in [1.29, 1.82) is 0 Å². The van der Waals surface area contributed by atoms with Crippen LogP contribution in [0.3, 0.4) is 0 Å². The number of nitrogens with zero attached hydrogens (tertiary/aromatic N) is 1. The summed E-state index contributed by atoms with van der Waals surface area (Å²) in [6, 6.07) is 78.4. The summed E-state index contributed by atoms with van der Waals surface area (Å²) in [7, 11) is 0. The van der Waals surface area contributed by atoms with Gasteiger partial charge in [0.25, 0.3) is 0 Å². The van der Waals surface area contributed by atoms with Crippen molar-refractivity contribution in [2.45, 2.75) is 38.5 Å². The smallest absolute Gasteiger partial charge is 0.0465 e. The third kappa shape index (κ3) is 6.15. The van der Waals surface area contributed by atoms with Gasteiger partial charge in [0.1, 0.15) is 0 Å². The predicted molar refractivity (Wildman–Crippen MR) is 258 cm³/mol. The number of hydrogen-bond donors (Lipinski definition) is 0. The lowest BCUT2D eigenvalue weighted by molar-refractivity contribution is 0.660. The fourth-order valence-electron chi connectivity index (χ4n) is 10.1. The van der Waals surface area contributed by atoms with Crippen molar-refractivity contribution in [2.24, 2.45) is 0 Å². The Hall–Kier alpha value is -7.22. The monoisotopic (exact) mass is 781 g/mol. The van der Waals surface area contributed by atoms with Crippen molar-refractivity contribution in [2.75, 3.05) is 4.90 Å². The molecule has 1 heteroatoms. The zero-order valence-corrected chi connectivity index (χ0v) is 35.2. The number of anilines is 3. The Morgan fingerprint density at radius 2 is 0.508 bits per heavy atom. The molecule has 0 amide bonds. The summed E-state index contributed by atoms with van der Waals surface area (Å²) in [6.07, 6.45) is 0. The Balaban J connectivity index is 1.01. The minimum Gasteiger partial charge on any atom is -0.310 e. The molecule has 2 aliphatic carbocycles. The first-order chi connectivity index (χ1) is 29.7. The van der Waals surface area contributed by atoms with Crippen LogP contribution in [-0.4, -0.2) is 0 Å². The van der Waals surface area contributed by atoms with Gasteiger partial charge < -0.3 is 4.90 Å². The Bertz CT molecular complexity index is 2930. The highest BCUT2D eigenvalue weighted by molar-refractivity contribution is 5.90. The number of hydrogen-bond acceptors (Lipinski definition) is 1. The zero-order chi connectivity index (χ0) is 41.3. The molecule has 0 heterocycles. The van der Waals surface area contributed by atoms with E-state index in [1.54, 1.807) is 0 Å². The number of rotatable bonds is 7. The average Bonchev–Trinajstić information content (AvgIpc) is 3.68. The Morgan fingerprint density at radius 1 is 0.246 bits per heavy atom. The molecule has 0 saturated carbocycles. The molecule has 292 valence electrons. The van der Waals surface area contributed by atoms with Crippen LogP contribution in [0.5, 0.6) is 0 Å². The van der Waals surface area contributed by atoms with E-state index in [1.165, 1.54) is 89.0 Å². The summed E-state index contributed by atoms with van der Waals surface area (Å²) in [5.74, 6) is 0. The van der Waals surface area contributed by atoms with Gasteiger partial charge in [0.05, 0.1) is 0 Å². The fraction of sp³-hybridized carbons (Fsp3) is 0.100. The molecule has 0 atom stereocenters. The van der Waals surface area contributed by atoms with E-state index in [2.05, 4.69) is 245 Å². The fourth-order valence-corrected chi connectivity index (χ4v) is 10.1. The van der Waals surface area contributed by atoms with Gasteiger partial charge in [-0.1, -0.05) is 191 Å². The molecule has 9 aromatic carbocycles. The van der Waals surface area contributed by atoms with Gasteiger partial charge in [-0.3, -0.25) is 0 Å². The van der Waals surface area contributed by atoms with Gasteiger partial charge in [-0.15, -0.1) is 0 Å². The molecule has 9 aromatic rings. The van der Waals surface area contributed by atoms with Crippen molar-refractivity contribution in [3.63, 3.8) is 0 Å². The highest BCUT2D eigenvalue weighted by Crippen LogP contribution is 2.54. The molecular formula is C60H47N. The Morgan fingerprint density at radius 3 is 0.885 bits per heavy atom. The van der Waals surface area contributed by atoms with Crippen LogP contribution < -0.4 is 4.90 Å². The second kappa shape index (κ2) is 14.2. The molecule has 0 aromatic heterocycles. The summed E-state index contributed by atoms with van der Waals surface area (Å²) in [5, 5.41) is 0. The molecule has 0 N–H and O–H groups in total.